The molecule has 0 bridgehead atoms. The summed E-state index contributed by atoms with van der Waals surface area (Å²) in [4.78, 5) is 16.5. The van der Waals surface area contributed by atoms with Gasteiger partial charge in [0.15, 0.2) is 17.2 Å². The minimum absolute atomic E-state index is 0.0688. The number of carbonyl (C=O) groups is 1. The Morgan fingerprint density at radius 1 is 1.19 bits per heavy atom. The Hall–Kier alpha value is -2.97. The maximum absolute atomic E-state index is 13.9. The highest BCUT2D eigenvalue weighted by molar-refractivity contribution is 6.33. The molecule has 0 radical (unpaired) electrons. The summed E-state index contributed by atoms with van der Waals surface area (Å²) < 4.78 is 16.8. The largest absolute Gasteiger partial charge is 0.302 e. The number of nitrogens with zero attached hydrogens (tertiary/aromatic N) is 5. The quantitative estimate of drug-likeness (QED) is 0.562. The molecule has 27 heavy (non-hydrogen) atoms. The summed E-state index contributed by atoms with van der Waals surface area (Å²) in [5.41, 5.74) is 0.979. The Balaban J connectivity index is 1.55. The second-order valence-corrected chi connectivity index (χ2v) is 6.44. The van der Waals surface area contributed by atoms with E-state index in [9.17, 15) is 9.18 Å². The van der Waals surface area contributed by atoms with Gasteiger partial charge in [-0.05, 0) is 18.2 Å². The van der Waals surface area contributed by atoms with E-state index in [1.807, 2.05) is 0 Å². The Kier molecular flexibility index (Phi) is 4.51. The lowest BCUT2D eigenvalue weighted by Gasteiger charge is -2.05. The number of benzene rings is 1. The number of anilines is 1. The number of fused-ring (bicyclic) bond motifs is 1. The van der Waals surface area contributed by atoms with Crippen LogP contribution >= 0.6 is 23.2 Å². The fraction of sp³-hybridized carbons (Fsp3) is 0.0588. The van der Waals surface area contributed by atoms with Gasteiger partial charge in [0, 0.05) is 35.2 Å². The Labute approximate surface area is 162 Å². The molecule has 0 saturated heterocycles. The number of nitrogens with one attached hydrogen (secondary N) is 1. The van der Waals surface area contributed by atoms with Crippen molar-refractivity contribution in [2.75, 3.05) is 5.32 Å². The number of hydrogen-bond acceptors (Lipinski definition) is 4. The zero-order chi connectivity index (χ0) is 19.0. The third kappa shape index (κ3) is 3.49. The number of halogens is 3. The van der Waals surface area contributed by atoms with E-state index in [1.54, 1.807) is 30.6 Å². The smallest absolute Gasteiger partial charge is 0.277 e. The molecule has 1 amide bonds. The zero-order valence-corrected chi connectivity index (χ0v) is 15.1. The van der Waals surface area contributed by atoms with Crippen LogP contribution in [0.4, 0.5) is 10.2 Å². The van der Waals surface area contributed by atoms with Crippen molar-refractivity contribution in [2.24, 2.45) is 0 Å². The Bertz CT molecular complexity index is 1100. The maximum Gasteiger partial charge on any atom is 0.277 e. The molecule has 0 aliphatic rings. The molecule has 3 heterocycles. The molecule has 7 nitrogen and oxygen atoms in total. The van der Waals surface area contributed by atoms with Crippen molar-refractivity contribution in [1.29, 1.82) is 0 Å². The molecule has 1 aromatic carbocycles. The van der Waals surface area contributed by atoms with Crippen molar-refractivity contribution in [3.63, 3.8) is 0 Å². The summed E-state index contributed by atoms with van der Waals surface area (Å²) in [6, 6.07) is 7.66. The van der Waals surface area contributed by atoms with E-state index < -0.39 is 11.7 Å². The average Bonchev–Trinajstić information content (AvgIpc) is 3.22. The summed E-state index contributed by atoms with van der Waals surface area (Å²) in [5.74, 6) is -0.798. The maximum atomic E-state index is 13.9. The average molecular weight is 405 g/mol. The first-order valence-corrected chi connectivity index (χ1v) is 8.54. The van der Waals surface area contributed by atoms with E-state index in [0.717, 1.165) is 0 Å². The lowest BCUT2D eigenvalue weighted by molar-refractivity contribution is 0.102. The molecule has 10 heteroatoms. The summed E-state index contributed by atoms with van der Waals surface area (Å²) in [6.45, 7) is 0.0688. The molecule has 3 aromatic heterocycles. The van der Waals surface area contributed by atoms with Crippen molar-refractivity contribution in [1.82, 2.24) is 24.4 Å². The highest BCUT2D eigenvalue weighted by atomic mass is 35.5. The predicted octanol–water partition coefficient (Wildman–Crippen LogP) is 3.67. The Morgan fingerprint density at radius 3 is 2.81 bits per heavy atom. The van der Waals surface area contributed by atoms with Crippen molar-refractivity contribution < 1.29 is 9.18 Å². The van der Waals surface area contributed by atoms with Crippen LogP contribution in [0.25, 0.3) is 5.65 Å². The van der Waals surface area contributed by atoms with Gasteiger partial charge in [-0.25, -0.2) is 13.9 Å². The van der Waals surface area contributed by atoms with Crippen LogP contribution < -0.4 is 5.32 Å². The minimum Gasteiger partial charge on any atom is -0.302 e. The van der Waals surface area contributed by atoms with Crippen LogP contribution in [0, 0.1) is 5.82 Å². The lowest BCUT2D eigenvalue weighted by atomic mass is 10.2. The van der Waals surface area contributed by atoms with E-state index in [0.29, 0.717) is 5.65 Å². The first kappa shape index (κ1) is 17.4. The lowest BCUT2D eigenvalue weighted by Crippen LogP contribution is -2.14. The fourth-order valence-corrected chi connectivity index (χ4v) is 2.94. The summed E-state index contributed by atoms with van der Waals surface area (Å²) in [6.07, 6.45) is 4.76. The molecule has 0 saturated carbocycles. The molecule has 1 N–H and O–H groups in total. The van der Waals surface area contributed by atoms with Gasteiger partial charge in [-0.2, -0.15) is 10.2 Å². The number of carbonyl (C=O) groups excluding carboxylic acids is 1. The van der Waals surface area contributed by atoms with Crippen molar-refractivity contribution in [2.45, 2.75) is 6.54 Å². The van der Waals surface area contributed by atoms with Gasteiger partial charge in [-0.15, -0.1) is 0 Å². The van der Waals surface area contributed by atoms with Gasteiger partial charge < -0.3 is 5.32 Å². The van der Waals surface area contributed by atoms with Crippen LogP contribution in [0.1, 0.15) is 16.1 Å². The van der Waals surface area contributed by atoms with Crippen molar-refractivity contribution in [3.05, 3.63) is 76.0 Å². The van der Waals surface area contributed by atoms with Gasteiger partial charge in [0.05, 0.1) is 6.54 Å². The molecule has 136 valence electrons. The first-order valence-electron chi connectivity index (χ1n) is 7.79. The highest BCUT2D eigenvalue weighted by Crippen LogP contribution is 2.24. The van der Waals surface area contributed by atoms with Gasteiger partial charge in [0.2, 0.25) is 0 Å². The second-order valence-electron chi connectivity index (χ2n) is 5.63. The third-order valence-corrected chi connectivity index (χ3v) is 4.43. The monoisotopic (exact) mass is 404 g/mol. The van der Waals surface area contributed by atoms with E-state index in [1.165, 1.54) is 27.5 Å². The molecule has 0 aliphatic heterocycles. The number of rotatable bonds is 4. The van der Waals surface area contributed by atoms with Gasteiger partial charge in [-0.3, -0.25) is 9.48 Å². The van der Waals surface area contributed by atoms with Crippen molar-refractivity contribution in [3.8, 4) is 0 Å². The van der Waals surface area contributed by atoms with Crippen LogP contribution in [0.5, 0.6) is 0 Å². The summed E-state index contributed by atoms with van der Waals surface area (Å²) >= 11 is 12.2. The van der Waals surface area contributed by atoms with E-state index in [-0.39, 0.29) is 33.7 Å². The van der Waals surface area contributed by atoms with E-state index in [2.05, 4.69) is 20.5 Å². The third-order valence-electron chi connectivity index (χ3n) is 3.80. The molecular weight excluding hydrogens is 394 g/mol. The molecule has 0 spiro atoms. The van der Waals surface area contributed by atoms with Gasteiger partial charge >= 0.3 is 0 Å². The first-order chi connectivity index (χ1) is 13.0. The SMILES string of the molecule is O=C(Nc1nn(Cc2c(F)cccc2Cl)cc1Cl)c1cc2ncccn2n1. The number of amides is 1. The van der Waals surface area contributed by atoms with Crippen molar-refractivity contribution >= 4 is 40.6 Å². The fourth-order valence-electron chi connectivity index (χ4n) is 2.52. The standard InChI is InChI=1S/C17H11Cl2FN6O/c18-11-3-1-4-13(20)10(11)8-25-9-12(19)16(24-25)22-17(27)14-7-15-21-5-2-6-26(15)23-14/h1-7,9H,8H2,(H,22,24,27). The summed E-state index contributed by atoms with van der Waals surface area (Å²) in [5, 5.41) is 11.4. The molecule has 4 rings (SSSR count). The minimum atomic E-state index is -0.489. The van der Waals surface area contributed by atoms with Crippen LogP contribution in [-0.2, 0) is 6.54 Å². The molecule has 4 aromatic rings. The van der Waals surface area contributed by atoms with Crippen LogP contribution in [0.3, 0.4) is 0 Å². The predicted molar refractivity (Wildman–Crippen MR) is 98.7 cm³/mol. The normalized spacial score (nSPS) is 11.1. The highest BCUT2D eigenvalue weighted by Gasteiger charge is 2.17. The molecular formula is C17H11Cl2FN6O. The van der Waals surface area contributed by atoms with Crippen LogP contribution in [0.15, 0.2) is 48.9 Å². The Morgan fingerprint density at radius 2 is 2.04 bits per heavy atom. The van der Waals surface area contributed by atoms with Crippen LogP contribution in [0.2, 0.25) is 10.0 Å². The van der Waals surface area contributed by atoms with E-state index in [4.69, 9.17) is 23.2 Å². The number of hydrogen-bond donors (Lipinski definition) is 1. The second kappa shape index (κ2) is 6.98. The molecule has 0 atom stereocenters. The molecule has 0 unspecified atom stereocenters. The number of aromatic nitrogens is 5. The molecule has 0 fully saturated rings. The van der Waals surface area contributed by atoms with Gasteiger partial charge in [0.25, 0.3) is 5.91 Å². The van der Waals surface area contributed by atoms with E-state index >= 15 is 0 Å². The van der Waals surface area contributed by atoms with Crippen LogP contribution in [-0.4, -0.2) is 30.3 Å². The van der Waals surface area contributed by atoms with Gasteiger partial charge in [0.1, 0.15) is 10.8 Å². The molecule has 0 aliphatic carbocycles. The zero-order valence-electron chi connectivity index (χ0n) is 13.6. The summed E-state index contributed by atoms with van der Waals surface area (Å²) in [7, 11) is 0. The van der Waals surface area contributed by atoms with Gasteiger partial charge in [-0.1, -0.05) is 29.3 Å². The topological polar surface area (TPSA) is 77.1 Å².